The van der Waals surface area contributed by atoms with Gasteiger partial charge in [-0.25, -0.2) is 9.78 Å². The Labute approximate surface area is 208 Å². The highest BCUT2D eigenvalue weighted by atomic mass is 16.4. The molecule has 188 valence electrons. The van der Waals surface area contributed by atoms with Crippen LogP contribution >= 0.6 is 0 Å². The number of aryl methyl sites for hydroxylation is 2. The van der Waals surface area contributed by atoms with Crippen molar-refractivity contribution in [2.24, 2.45) is 0 Å². The van der Waals surface area contributed by atoms with E-state index in [0.717, 1.165) is 82.4 Å². The molecule has 35 heavy (non-hydrogen) atoms. The van der Waals surface area contributed by atoms with Crippen molar-refractivity contribution in [3.05, 3.63) is 53.7 Å². The zero-order chi connectivity index (χ0) is 24.5. The third-order valence-electron chi connectivity index (χ3n) is 7.09. The first-order chi connectivity index (χ1) is 17.1. The first-order valence-electron chi connectivity index (χ1n) is 13.2. The predicted molar refractivity (Wildman–Crippen MR) is 139 cm³/mol. The monoisotopic (exact) mass is 478 g/mol. The van der Waals surface area contributed by atoms with Gasteiger partial charge < -0.3 is 15.7 Å². The van der Waals surface area contributed by atoms with E-state index in [1.165, 1.54) is 16.9 Å². The highest BCUT2D eigenvalue weighted by Gasteiger charge is 2.35. The standard InChI is InChI=1S/C28H38N4O3/c33-27(24-15-10-19-29-24)32(23-13-6-4-7-14-23)25(28(34)35)16-8-3-1-2-5-12-22-18-17-21-11-9-20-30-26(21)31-22/h4,6-7,13-14,17-18,24-25,29H,1-3,5,8-12,15-16,19-20H2,(H,30,31)(H,34,35). The summed E-state index contributed by atoms with van der Waals surface area (Å²) in [6.45, 7) is 1.81. The number of nitrogens with one attached hydrogen (secondary N) is 2. The number of rotatable bonds is 12. The summed E-state index contributed by atoms with van der Waals surface area (Å²) in [4.78, 5) is 31.8. The number of carbonyl (C=O) groups is 2. The molecule has 2 unspecified atom stereocenters. The lowest BCUT2D eigenvalue weighted by molar-refractivity contribution is -0.140. The first-order valence-corrected chi connectivity index (χ1v) is 13.2. The molecule has 2 aromatic rings. The minimum Gasteiger partial charge on any atom is -0.480 e. The van der Waals surface area contributed by atoms with E-state index in [1.807, 2.05) is 30.3 Å². The minimum atomic E-state index is -0.938. The molecule has 3 heterocycles. The lowest BCUT2D eigenvalue weighted by Gasteiger charge is -2.31. The highest BCUT2D eigenvalue weighted by molar-refractivity contribution is 6.02. The Hall–Kier alpha value is -2.93. The summed E-state index contributed by atoms with van der Waals surface area (Å²) in [5.74, 6) is -0.0146. The Morgan fingerprint density at radius 2 is 1.80 bits per heavy atom. The average Bonchev–Trinajstić information content (AvgIpc) is 3.43. The second-order valence-electron chi connectivity index (χ2n) is 9.69. The van der Waals surface area contributed by atoms with Gasteiger partial charge in [0.1, 0.15) is 11.9 Å². The number of para-hydroxylation sites is 1. The fraction of sp³-hybridized carbons (Fsp3) is 0.536. The number of aliphatic carboxylic acids is 1. The fourth-order valence-corrected chi connectivity index (χ4v) is 5.16. The Balaban J connectivity index is 1.25. The van der Waals surface area contributed by atoms with E-state index < -0.39 is 12.0 Å². The third-order valence-corrected chi connectivity index (χ3v) is 7.09. The molecule has 2 aliphatic rings. The number of hydrogen-bond acceptors (Lipinski definition) is 5. The summed E-state index contributed by atoms with van der Waals surface area (Å²) in [7, 11) is 0. The number of hydrogen-bond donors (Lipinski definition) is 3. The van der Waals surface area contributed by atoms with Crippen LogP contribution in [0.5, 0.6) is 0 Å². The molecule has 1 fully saturated rings. The Kier molecular flexibility index (Phi) is 9.12. The predicted octanol–water partition coefficient (Wildman–Crippen LogP) is 4.56. The largest absolute Gasteiger partial charge is 0.480 e. The van der Waals surface area contributed by atoms with E-state index in [4.69, 9.17) is 4.98 Å². The Morgan fingerprint density at radius 1 is 1.00 bits per heavy atom. The van der Waals surface area contributed by atoms with Gasteiger partial charge in [-0.2, -0.15) is 0 Å². The van der Waals surface area contributed by atoms with E-state index in [2.05, 4.69) is 22.8 Å². The smallest absolute Gasteiger partial charge is 0.326 e. The van der Waals surface area contributed by atoms with Gasteiger partial charge in [-0.3, -0.25) is 9.69 Å². The summed E-state index contributed by atoms with van der Waals surface area (Å²) in [5, 5.41) is 16.6. The van der Waals surface area contributed by atoms with Crippen molar-refractivity contribution in [1.29, 1.82) is 0 Å². The number of anilines is 2. The number of carbonyl (C=O) groups excluding carboxylic acids is 1. The number of carboxylic acid groups (broad SMARTS) is 1. The number of carboxylic acids is 1. The molecule has 0 spiro atoms. The van der Waals surface area contributed by atoms with E-state index in [1.54, 1.807) is 0 Å². The van der Waals surface area contributed by atoms with Gasteiger partial charge in [0.25, 0.3) is 0 Å². The Morgan fingerprint density at radius 3 is 2.57 bits per heavy atom. The average molecular weight is 479 g/mol. The first kappa shape index (κ1) is 25.2. The number of benzene rings is 1. The lowest BCUT2D eigenvalue weighted by atomic mass is 10.0. The topological polar surface area (TPSA) is 94.6 Å². The third kappa shape index (κ3) is 6.82. The molecular weight excluding hydrogens is 440 g/mol. The molecule has 7 heteroatoms. The summed E-state index contributed by atoms with van der Waals surface area (Å²) in [6.07, 6.45) is 10.4. The van der Waals surface area contributed by atoms with Crippen molar-refractivity contribution in [3.8, 4) is 0 Å². The molecule has 4 rings (SSSR count). The quantitative estimate of drug-likeness (QED) is 0.387. The number of pyridine rings is 1. The van der Waals surface area contributed by atoms with Crippen LogP contribution in [0, 0.1) is 0 Å². The Bertz CT molecular complexity index is 975. The molecule has 3 N–H and O–H groups in total. The van der Waals surface area contributed by atoms with Crippen LogP contribution in [0.3, 0.4) is 0 Å². The lowest BCUT2D eigenvalue weighted by Crippen LogP contribution is -2.51. The van der Waals surface area contributed by atoms with Crippen molar-refractivity contribution in [2.45, 2.75) is 82.7 Å². The van der Waals surface area contributed by atoms with Gasteiger partial charge in [0.2, 0.25) is 5.91 Å². The van der Waals surface area contributed by atoms with Gasteiger partial charge in [-0.05, 0) is 75.3 Å². The molecule has 0 radical (unpaired) electrons. The van der Waals surface area contributed by atoms with Crippen molar-refractivity contribution < 1.29 is 14.7 Å². The maximum absolute atomic E-state index is 13.3. The summed E-state index contributed by atoms with van der Waals surface area (Å²) < 4.78 is 0. The number of fused-ring (bicyclic) bond motifs is 1. The molecule has 1 aromatic heterocycles. The number of unbranched alkanes of at least 4 members (excludes halogenated alkanes) is 4. The zero-order valence-electron chi connectivity index (χ0n) is 20.5. The molecular formula is C28H38N4O3. The van der Waals surface area contributed by atoms with Gasteiger partial charge in [0, 0.05) is 17.9 Å². The van der Waals surface area contributed by atoms with Crippen molar-refractivity contribution >= 4 is 23.4 Å². The van der Waals surface area contributed by atoms with Crippen LogP contribution in [-0.2, 0) is 22.4 Å². The van der Waals surface area contributed by atoms with E-state index in [0.29, 0.717) is 12.1 Å². The SMILES string of the molecule is O=C(O)C(CCCCCCCc1ccc2c(n1)NCCC2)N(C(=O)C1CCCN1)c1ccccc1. The van der Waals surface area contributed by atoms with E-state index in [9.17, 15) is 14.7 Å². The van der Waals surface area contributed by atoms with Crippen molar-refractivity contribution in [1.82, 2.24) is 10.3 Å². The molecule has 0 aliphatic carbocycles. The number of nitrogens with zero attached hydrogens (tertiary/aromatic N) is 2. The van der Waals surface area contributed by atoms with Crippen molar-refractivity contribution in [3.63, 3.8) is 0 Å². The van der Waals surface area contributed by atoms with Crippen LogP contribution in [0.25, 0.3) is 0 Å². The van der Waals surface area contributed by atoms with Crippen LogP contribution in [0.2, 0.25) is 0 Å². The molecule has 0 bridgehead atoms. The summed E-state index contributed by atoms with van der Waals surface area (Å²) in [6, 6.07) is 12.4. The second-order valence-corrected chi connectivity index (χ2v) is 9.69. The van der Waals surface area contributed by atoms with Gasteiger partial charge in [0.05, 0.1) is 6.04 Å². The normalized spacial score (nSPS) is 17.9. The van der Waals surface area contributed by atoms with E-state index >= 15 is 0 Å². The maximum atomic E-state index is 13.3. The fourth-order valence-electron chi connectivity index (χ4n) is 5.16. The molecule has 0 saturated carbocycles. The molecule has 1 amide bonds. The van der Waals surface area contributed by atoms with Gasteiger partial charge in [-0.15, -0.1) is 0 Å². The number of amides is 1. The highest BCUT2D eigenvalue weighted by Crippen LogP contribution is 2.24. The van der Waals surface area contributed by atoms with Crippen LogP contribution in [0.1, 0.15) is 69.0 Å². The molecule has 1 saturated heterocycles. The molecule has 1 aromatic carbocycles. The maximum Gasteiger partial charge on any atom is 0.326 e. The summed E-state index contributed by atoms with van der Waals surface area (Å²) in [5.41, 5.74) is 3.12. The molecule has 2 atom stereocenters. The van der Waals surface area contributed by atoms with Crippen molar-refractivity contribution in [2.75, 3.05) is 23.3 Å². The second kappa shape index (κ2) is 12.7. The van der Waals surface area contributed by atoms with E-state index in [-0.39, 0.29) is 11.9 Å². The minimum absolute atomic E-state index is 0.131. The summed E-state index contributed by atoms with van der Waals surface area (Å²) >= 11 is 0. The molecule has 7 nitrogen and oxygen atoms in total. The van der Waals surface area contributed by atoms with Gasteiger partial charge in [-0.1, -0.05) is 49.9 Å². The van der Waals surface area contributed by atoms with Gasteiger partial charge in [0.15, 0.2) is 0 Å². The zero-order valence-corrected chi connectivity index (χ0v) is 20.5. The number of aromatic nitrogens is 1. The van der Waals surface area contributed by atoms with Crippen LogP contribution in [0.15, 0.2) is 42.5 Å². The van der Waals surface area contributed by atoms with Crippen LogP contribution in [0.4, 0.5) is 11.5 Å². The molecule has 2 aliphatic heterocycles. The van der Waals surface area contributed by atoms with Gasteiger partial charge >= 0.3 is 5.97 Å². The van der Waals surface area contributed by atoms with Crippen LogP contribution < -0.4 is 15.5 Å². The van der Waals surface area contributed by atoms with Crippen LogP contribution in [-0.4, -0.2) is 47.1 Å².